The van der Waals surface area contributed by atoms with Crippen LogP contribution in [-0.2, 0) is 21.2 Å². The Hall–Kier alpha value is -1.89. The molecule has 33 heavy (non-hydrogen) atoms. The first-order chi connectivity index (χ1) is 15.9. The molecule has 0 aliphatic carbocycles. The van der Waals surface area contributed by atoms with E-state index in [-0.39, 0.29) is 17.2 Å². The minimum Gasteiger partial charge on any atom is -0.506 e. The van der Waals surface area contributed by atoms with Crippen molar-refractivity contribution in [3.63, 3.8) is 0 Å². The predicted molar refractivity (Wildman–Crippen MR) is 135 cm³/mol. The molecule has 3 aromatic rings. The van der Waals surface area contributed by atoms with Gasteiger partial charge < -0.3 is 14.8 Å². The number of hydrogen-bond acceptors (Lipinski definition) is 8. The zero-order valence-corrected chi connectivity index (χ0v) is 20.8. The summed E-state index contributed by atoms with van der Waals surface area (Å²) in [5.41, 5.74) is 1.30. The molecule has 1 aromatic heterocycles. The number of thiazole rings is 1. The Bertz CT molecular complexity index is 1180. The van der Waals surface area contributed by atoms with Crippen LogP contribution >= 0.6 is 23.1 Å². The lowest BCUT2D eigenvalue weighted by atomic mass is 10.1. The third-order valence-electron chi connectivity index (χ3n) is 4.94. The third kappa shape index (κ3) is 7.56. The third-order valence-corrected chi connectivity index (χ3v) is 8.73. The number of aromatic nitrogens is 1. The van der Waals surface area contributed by atoms with E-state index in [0.29, 0.717) is 42.8 Å². The van der Waals surface area contributed by atoms with Crippen LogP contribution in [-0.4, -0.2) is 55.9 Å². The van der Waals surface area contributed by atoms with Crippen LogP contribution in [0, 0.1) is 0 Å². The van der Waals surface area contributed by atoms with E-state index in [1.807, 2.05) is 37.3 Å². The Morgan fingerprint density at radius 2 is 1.94 bits per heavy atom. The van der Waals surface area contributed by atoms with Gasteiger partial charge in [-0.25, -0.2) is 13.1 Å². The van der Waals surface area contributed by atoms with Gasteiger partial charge in [-0.15, -0.1) is 11.8 Å². The number of thioether (sulfide) groups is 1. The molecule has 3 rings (SSSR count). The normalized spacial score (nSPS) is 12.9. The highest BCUT2D eigenvalue weighted by Gasteiger charge is 2.22. The van der Waals surface area contributed by atoms with Crippen molar-refractivity contribution in [2.24, 2.45) is 0 Å². The van der Waals surface area contributed by atoms with Crippen molar-refractivity contribution in [3.05, 3.63) is 57.7 Å². The van der Waals surface area contributed by atoms with Gasteiger partial charge >= 0.3 is 4.87 Å². The van der Waals surface area contributed by atoms with E-state index >= 15 is 0 Å². The number of H-pyrrole nitrogens is 1. The molecule has 180 valence electrons. The Morgan fingerprint density at radius 3 is 2.70 bits per heavy atom. The highest BCUT2D eigenvalue weighted by atomic mass is 32.2. The average molecular weight is 512 g/mol. The van der Waals surface area contributed by atoms with E-state index in [1.54, 1.807) is 17.8 Å². The second-order valence-electron chi connectivity index (χ2n) is 7.28. The van der Waals surface area contributed by atoms with Gasteiger partial charge in [0.25, 0.3) is 0 Å². The molecule has 1 heterocycles. The molecule has 0 aliphatic heterocycles. The van der Waals surface area contributed by atoms with Gasteiger partial charge in [-0.3, -0.25) is 10.1 Å². The highest BCUT2D eigenvalue weighted by molar-refractivity contribution is 7.99. The number of hydrogen-bond donors (Lipinski definition) is 4. The van der Waals surface area contributed by atoms with Crippen molar-refractivity contribution in [2.45, 2.75) is 30.0 Å². The molecule has 0 saturated carbocycles. The van der Waals surface area contributed by atoms with Crippen LogP contribution in [0.2, 0.25) is 0 Å². The number of phenolic OH excluding ortho intramolecular Hbond substituents is 1. The second kappa shape index (κ2) is 12.5. The van der Waals surface area contributed by atoms with Crippen LogP contribution in [0.15, 0.2) is 52.2 Å². The summed E-state index contributed by atoms with van der Waals surface area (Å²) in [5, 5.41) is 12.2. The molecule has 4 N–H and O–H groups in total. The molecule has 1 unspecified atom stereocenters. The lowest BCUT2D eigenvalue weighted by molar-refractivity contribution is 0.155. The van der Waals surface area contributed by atoms with Crippen molar-refractivity contribution in [1.82, 2.24) is 15.0 Å². The fourth-order valence-corrected chi connectivity index (χ4v) is 6.33. The lowest BCUT2D eigenvalue weighted by Crippen LogP contribution is -2.45. The zero-order valence-electron chi connectivity index (χ0n) is 18.4. The number of benzene rings is 2. The van der Waals surface area contributed by atoms with Gasteiger partial charge in [-0.2, -0.15) is 0 Å². The number of fused-ring (bicyclic) bond motifs is 1. The number of rotatable bonds is 14. The van der Waals surface area contributed by atoms with Gasteiger partial charge in [0.1, 0.15) is 16.6 Å². The van der Waals surface area contributed by atoms with E-state index < -0.39 is 15.4 Å². The highest BCUT2D eigenvalue weighted by Crippen LogP contribution is 2.27. The standard InChI is InChI=1S/C22H29N3O5S3/c1-2-19(23-11-10-16-8-9-18(26)20-21(16)32-22(27)25-20)33(28,29)24-12-13-30-14-15-31-17-6-4-3-5-7-17/h3-9,19,23-24,26H,2,10-15H2,1H3,(H,25,27). The van der Waals surface area contributed by atoms with Crippen LogP contribution in [0.3, 0.4) is 0 Å². The van der Waals surface area contributed by atoms with Crippen LogP contribution in [0.1, 0.15) is 18.9 Å². The van der Waals surface area contributed by atoms with Crippen molar-refractivity contribution >= 4 is 43.3 Å². The largest absolute Gasteiger partial charge is 0.506 e. The molecule has 0 spiro atoms. The van der Waals surface area contributed by atoms with Crippen molar-refractivity contribution in [3.8, 4) is 5.75 Å². The van der Waals surface area contributed by atoms with Crippen LogP contribution in [0.25, 0.3) is 10.2 Å². The fourth-order valence-electron chi connectivity index (χ4n) is 3.31. The zero-order chi connectivity index (χ0) is 23.7. The van der Waals surface area contributed by atoms with Gasteiger partial charge in [-0.05, 0) is 36.6 Å². The molecule has 2 aromatic carbocycles. The smallest absolute Gasteiger partial charge is 0.305 e. The first-order valence-electron chi connectivity index (χ1n) is 10.7. The van der Waals surface area contributed by atoms with Gasteiger partial charge in [0.15, 0.2) is 0 Å². The van der Waals surface area contributed by atoms with Gasteiger partial charge in [0.2, 0.25) is 10.0 Å². The molecule has 0 saturated heterocycles. The molecule has 0 fully saturated rings. The van der Waals surface area contributed by atoms with Gasteiger partial charge in [0, 0.05) is 23.7 Å². The van der Waals surface area contributed by atoms with Crippen molar-refractivity contribution in [2.75, 3.05) is 32.1 Å². The number of aromatic hydroxyl groups is 1. The predicted octanol–water partition coefficient (Wildman–Crippen LogP) is 2.89. The first kappa shape index (κ1) is 25.7. The molecular formula is C22H29N3O5S3. The second-order valence-corrected chi connectivity index (χ2v) is 11.4. The maximum Gasteiger partial charge on any atom is 0.305 e. The first-order valence-corrected chi connectivity index (χ1v) is 14.1. The summed E-state index contributed by atoms with van der Waals surface area (Å²) >= 11 is 2.73. The summed E-state index contributed by atoms with van der Waals surface area (Å²) in [4.78, 5) is 15.2. The van der Waals surface area contributed by atoms with E-state index in [9.17, 15) is 18.3 Å². The minimum absolute atomic E-state index is 0.0270. The van der Waals surface area contributed by atoms with E-state index in [1.165, 1.54) is 11.0 Å². The summed E-state index contributed by atoms with van der Waals surface area (Å²) in [6.07, 6.45) is 0.936. The van der Waals surface area contributed by atoms with Crippen LogP contribution in [0.4, 0.5) is 0 Å². The molecule has 0 bridgehead atoms. The number of ether oxygens (including phenoxy) is 1. The van der Waals surface area contributed by atoms with Gasteiger partial charge in [0.05, 0.1) is 17.9 Å². The van der Waals surface area contributed by atoms with Crippen LogP contribution in [0.5, 0.6) is 5.75 Å². The summed E-state index contributed by atoms with van der Waals surface area (Å²) in [5.74, 6) is 0.829. The minimum atomic E-state index is -3.55. The SMILES string of the molecule is CCC(NCCc1ccc(O)c2[nH]c(=O)sc12)S(=O)(=O)NCCOCCSc1ccccc1. The quantitative estimate of drug-likeness (QED) is 0.194. The number of nitrogens with one attached hydrogen (secondary N) is 3. The van der Waals surface area contributed by atoms with E-state index in [2.05, 4.69) is 15.0 Å². The fraction of sp³-hybridized carbons (Fsp3) is 0.409. The molecule has 0 amide bonds. The Labute approximate surface area is 201 Å². The lowest BCUT2D eigenvalue weighted by Gasteiger charge is -2.18. The van der Waals surface area contributed by atoms with E-state index in [0.717, 1.165) is 22.7 Å². The Balaban J connectivity index is 1.39. The number of aromatic amines is 1. The van der Waals surface area contributed by atoms with Gasteiger partial charge in [-0.1, -0.05) is 42.5 Å². The summed E-state index contributed by atoms with van der Waals surface area (Å²) in [7, 11) is -3.55. The van der Waals surface area contributed by atoms with Crippen molar-refractivity contribution in [1.29, 1.82) is 0 Å². The monoisotopic (exact) mass is 511 g/mol. The Morgan fingerprint density at radius 1 is 1.15 bits per heavy atom. The van der Waals surface area contributed by atoms with Crippen molar-refractivity contribution < 1.29 is 18.3 Å². The number of phenols is 1. The average Bonchev–Trinajstić information content (AvgIpc) is 3.20. The Kier molecular flexibility index (Phi) is 9.78. The van der Waals surface area contributed by atoms with E-state index in [4.69, 9.17) is 4.74 Å². The molecular weight excluding hydrogens is 482 g/mol. The summed E-state index contributed by atoms with van der Waals surface area (Å²) < 4.78 is 34.1. The molecule has 0 aliphatic rings. The summed E-state index contributed by atoms with van der Waals surface area (Å²) in [6.45, 7) is 3.29. The van der Waals surface area contributed by atoms with Crippen LogP contribution < -0.4 is 14.9 Å². The topological polar surface area (TPSA) is 121 Å². The molecule has 1 atom stereocenters. The summed E-state index contributed by atoms with van der Waals surface area (Å²) in [6, 6.07) is 13.3. The molecule has 11 heteroatoms. The maximum absolute atomic E-state index is 12.6. The molecule has 0 radical (unpaired) electrons. The molecule has 8 nitrogen and oxygen atoms in total. The maximum atomic E-state index is 12.6. The number of sulfonamides is 1.